The number of aldehydes is 1. The number of aryl methyl sites for hydroxylation is 1. The topological polar surface area (TPSA) is 42.9 Å². The highest BCUT2D eigenvalue weighted by Gasteiger charge is 1.99. The summed E-state index contributed by atoms with van der Waals surface area (Å²) in [5.74, 6) is 0. The smallest absolute Gasteiger partial charge is 0.151 e. The van der Waals surface area contributed by atoms with Crippen LogP contribution in [0.15, 0.2) is 36.8 Å². The van der Waals surface area contributed by atoms with Gasteiger partial charge in [-0.25, -0.2) is 0 Å². The molecule has 0 atom stereocenters. The number of pyridine rings is 2. The van der Waals surface area contributed by atoms with Crippen LogP contribution < -0.4 is 0 Å². The van der Waals surface area contributed by atoms with Crippen LogP contribution in [0.1, 0.15) is 16.1 Å². The molecular formula is C12H10N2O. The van der Waals surface area contributed by atoms with E-state index in [4.69, 9.17) is 0 Å². The number of hydrogen-bond acceptors (Lipinski definition) is 3. The number of nitrogens with zero attached hydrogens (tertiary/aromatic N) is 2. The Morgan fingerprint density at radius 3 is 2.67 bits per heavy atom. The lowest BCUT2D eigenvalue weighted by atomic mass is 10.1. The van der Waals surface area contributed by atoms with E-state index < -0.39 is 0 Å². The Morgan fingerprint density at radius 1 is 1.13 bits per heavy atom. The summed E-state index contributed by atoms with van der Waals surface area (Å²) >= 11 is 0. The highest BCUT2D eigenvalue weighted by atomic mass is 16.1. The summed E-state index contributed by atoms with van der Waals surface area (Å²) in [6, 6.07) is 5.70. The number of rotatable bonds is 2. The zero-order valence-electron chi connectivity index (χ0n) is 8.34. The van der Waals surface area contributed by atoms with E-state index in [-0.39, 0.29) is 0 Å². The number of carbonyl (C=O) groups excluding carboxylic acids is 1. The summed E-state index contributed by atoms with van der Waals surface area (Å²) in [6.45, 7) is 1.93. The maximum Gasteiger partial charge on any atom is 0.151 e. The van der Waals surface area contributed by atoms with Gasteiger partial charge in [0.1, 0.15) is 0 Å². The molecule has 0 radical (unpaired) electrons. The van der Waals surface area contributed by atoms with Crippen molar-refractivity contribution in [3.05, 3.63) is 48.0 Å². The fourth-order valence-corrected chi connectivity index (χ4v) is 1.32. The largest absolute Gasteiger partial charge is 0.298 e. The average molecular weight is 198 g/mol. The van der Waals surface area contributed by atoms with Crippen molar-refractivity contribution in [1.29, 1.82) is 0 Å². The SMILES string of the molecule is Cc1ccc(-c2cncc(C=O)c2)cn1. The maximum absolute atomic E-state index is 10.6. The predicted molar refractivity (Wildman–Crippen MR) is 57.6 cm³/mol. The summed E-state index contributed by atoms with van der Waals surface area (Å²) in [7, 11) is 0. The van der Waals surface area contributed by atoms with Crippen LogP contribution in [-0.4, -0.2) is 16.3 Å². The van der Waals surface area contributed by atoms with Crippen LogP contribution in [0, 0.1) is 6.92 Å². The minimum absolute atomic E-state index is 0.577. The molecule has 0 aliphatic heterocycles. The molecule has 0 spiro atoms. The Bertz CT molecular complexity index is 477. The average Bonchev–Trinajstić information content (AvgIpc) is 2.30. The van der Waals surface area contributed by atoms with Gasteiger partial charge in [0.15, 0.2) is 6.29 Å². The molecule has 15 heavy (non-hydrogen) atoms. The molecule has 3 nitrogen and oxygen atoms in total. The van der Waals surface area contributed by atoms with E-state index in [0.717, 1.165) is 23.1 Å². The van der Waals surface area contributed by atoms with Gasteiger partial charge in [-0.3, -0.25) is 14.8 Å². The van der Waals surface area contributed by atoms with Gasteiger partial charge in [-0.2, -0.15) is 0 Å². The van der Waals surface area contributed by atoms with E-state index in [2.05, 4.69) is 9.97 Å². The Morgan fingerprint density at radius 2 is 2.00 bits per heavy atom. The molecule has 2 aromatic heterocycles. The molecule has 0 saturated carbocycles. The second kappa shape index (κ2) is 4.00. The van der Waals surface area contributed by atoms with Gasteiger partial charge >= 0.3 is 0 Å². The van der Waals surface area contributed by atoms with Crippen molar-refractivity contribution >= 4 is 6.29 Å². The third-order valence-electron chi connectivity index (χ3n) is 2.14. The Hall–Kier alpha value is -2.03. The first kappa shape index (κ1) is 9.52. The molecule has 0 unspecified atom stereocenters. The van der Waals surface area contributed by atoms with Crippen molar-refractivity contribution in [2.24, 2.45) is 0 Å². The van der Waals surface area contributed by atoms with Gasteiger partial charge in [-0.1, -0.05) is 6.07 Å². The molecule has 0 fully saturated rings. The van der Waals surface area contributed by atoms with E-state index >= 15 is 0 Å². The molecule has 74 valence electrons. The van der Waals surface area contributed by atoms with Crippen molar-refractivity contribution in [3.8, 4) is 11.1 Å². The minimum atomic E-state index is 0.577. The van der Waals surface area contributed by atoms with Gasteiger partial charge in [0.2, 0.25) is 0 Å². The Kier molecular flexibility index (Phi) is 2.54. The first-order chi connectivity index (χ1) is 7.29. The first-order valence-electron chi connectivity index (χ1n) is 4.63. The minimum Gasteiger partial charge on any atom is -0.298 e. The summed E-state index contributed by atoms with van der Waals surface area (Å²) in [5.41, 5.74) is 3.43. The number of aromatic nitrogens is 2. The lowest BCUT2D eigenvalue weighted by Gasteiger charge is -2.01. The summed E-state index contributed by atoms with van der Waals surface area (Å²) in [6.07, 6.45) is 5.83. The van der Waals surface area contributed by atoms with Gasteiger partial charge < -0.3 is 0 Å². The van der Waals surface area contributed by atoms with E-state index in [1.54, 1.807) is 18.5 Å². The molecule has 2 heterocycles. The van der Waals surface area contributed by atoms with Crippen LogP contribution in [0.5, 0.6) is 0 Å². The normalized spacial score (nSPS) is 9.93. The molecule has 2 rings (SSSR count). The molecular weight excluding hydrogens is 188 g/mol. The van der Waals surface area contributed by atoms with E-state index in [1.807, 2.05) is 19.1 Å². The Labute approximate surface area is 87.8 Å². The van der Waals surface area contributed by atoms with Crippen LogP contribution in [0.2, 0.25) is 0 Å². The van der Waals surface area contributed by atoms with Gasteiger partial charge in [0.05, 0.1) is 0 Å². The number of carbonyl (C=O) groups is 1. The highest BCUT2D eigenvalue weighted by molar-refractivity contribution is 5.77. The van der Waals surface area contributed by atoms with Crippen molar-refractivity contribution in [2.45, 2.75) is 6.92 Å². The molecule has 0 aliphatic rings. The van der Waals surface area contributed by atoms with Gasteiger partial charge in [-0.15, -0.1) is 0 Å². The highest BCUT2D eigenvalue weighted by Crippen LogP contribution is 2.17. The zero-order chi connectivity index (χ0) is 10.7. The molecule has 0 bridgehead atoms. The van der Waals surface area contributed by atoms with E-state index in [1.165, 1.54) is 6.20 Å². The molecule has 0 amide bonds. The lowest BCUT2D eigenvalue weighted by molar-refractivity contribution is 0.112. The van der Waals surface area contributed by atoms with Crippen molar-refractivity contribution in [3.63, 3.8) is 0 Å². The van der Waals surface area contributed by atoms with Crippen molar-refractivity contribution in [2.75, 3.05) is 0 Å². The predicted octanol–water partition coefficient (Wildman–Crippen LogP) is 2.26. The van der Waals surface area contributed by atoms with Crippen LogP contribution in [-0.2, 0) is 0 Å². The molecule has 3 heteroatoms. The fraction of sp³-hybridized carbons (Fsp3) is 0.0833. The van der Waals surface area contributed by atoms with E-state index in [9.17, 15) is 4.79 Å². The molecule has 0 saturated heterocycles. The third kappa shape index (κ3) is 2.07. The van der Waals surface area contributed by atoms with Gasteiger partial charge in [0.25, 0.3) is 0 Å². The molecule has 2 aromatic rings. The second-order valence-electron chi connectivity index (χ2n) is 3.31. The monoisotopic (exact) mass is 198 g/mol. The van der Waals surface area contributed by atoms with Gasteiger partial charge in [0, 0.05) is 41.0 Å². The maximum atomic E-state index is 10.6. The van der Waals surface area contributed by atoms with Crippen LogP contribution >= 0.6 is 0 Å². The fourth-order valence-electron chi connectivity index (χ4n) is 1.32. The summed E-state index contributed by atoms with van der Waals surface area (Å²) in [5, 5.41) is 0. The zero-order valence-corrected chi connectivity index (χ0v) is 8.34. The summed E-state index contributed by atoms with van der Waals surface area (Å²) < 4.78 is 0. The third-order valence-corrected chi connectivity index (χ3v) is 2.14. The summed E-state index contributed by atoms with van der Waals surface area (Å²) in [4.78, 5) is 18.8. The number of hydrogen-bond donors (Lipinski definition) is 0. The van der Waals surface area contributed by atoms with Crippen LogP contribution in [0.3, 0.4) is 0 Å². The van der Waals surface area contributed by atoms with Crippen LogP contribution in [0.4, 0.5) is 0 Å². The first-order valence-corrected chi connectivity index (χ1v) is 4.63. The van der Waals surface area contributed by atoms with Gasteiger partial charge in [-0.05, 0) is 19.1 Å². The quantitative estimate of drug-likeness (QED) is 0.695. The Balaban J connectivity index is 2.44. The lowest BCUT2D eigenvalue weighted by Crippen LogP contribution is -1.87. The molecule has 0 aliphatic carbocycles. The van der Waals surface area contributed by atoms with Crippen LogP contribution in [0.25, 0.3) is 11.1 Å². The standard InChI is InChI=1S/C12H10N2O/c1-9-2-3-11(7-14-9)12-4-10(8-15)5-13-6-12/h2-8H,1H3. The molecule has 0 aromatic carbocycles. The molecule has 0 N–H and O–H groups in total. The van der Waals surface area contributed by atoms with E-state index in [0.29, 0.717) is 5.56 Å². The van der Waals surface area contributed by atoms with Crippen molar-refractivity contribution in [1.82, 2.24) is 9.97 Å². The second-order valence-corrected chi connectivity index (χ2v) is 3.31. The van der Waals surface area contributed by atoms with Crippen molar-refractivity contribution < 1.29 is 4.79 Å².